The van der Waals surface area contributed by atoms with Gasteiger partial charge in [-0.15, -0.1) is 13.2 Å². The number of rotatable bonds is 4. The van der Waals surface area contributed by atoms with Crippen molar-refractivity contribution in [2.45, 2.75) is 30.9 Å². The molecule has 0 bridgehead atoms. The van der Waals surface area contributed by atoms with Crippen LogP contribution in [0.5, 0.6) is 17.2 Å². The maximum Gasteiger partial charge on any atom is 0.573 e. The predicted octanol–water partition coefficient (Wildman–Crippen LogP) is 3.89. The normalized spacial score (nSPS) is 15.6. The summed E-state index contributed by atoms with van der Waals surface area (Å²) in [7, 11) is -4.13. The van der Waals surface area contributed by atoms with Gasteiger partial charge in [-0.2, -0.15) is 0 Å². The number of nitrogens with one attached hydrogen (secondary N) is 1. The number of benzene rings is 2. The third kappa shape index (κ3) is 4.13. The lowest BCUT2D eigenvalue weighted by Crippen LogP contribution is -2.29. The second-order valence-corrected chi connectivity index (χ2v) is 7.58. The van der Waals surface area contributed by atoms with Gasteiger partial charge in [-0.3, -0.25) is 4.72 Å². The number of hydrogen-bond acceptors (Lipinski definition) is 5. The zero-order chi connectivity index (χ0) is 19.2. The van der Waals surface area contributed by atoms with Gasteiger partial charge in [0.2, 0.25) is 5.79 Å². The number of hydrogen-bond donors (Lipinski definition) is 1. The average Bonchev–Trinajstić information content (AvgIpc) is 2.78. The van der Waals surface area contributed by atoms with Gasteiger partial charge in [0.25, 0.3) is 10.0 Å². The summed E-state index contributed by atoms with van der Waals surface area (Å²) >= 11 is 0. The lowest BCUT2D eigenvalue weighted by Gasteiger charge is -2.16. The molecule has 0 saturated carbocycles. The van der Waals surface area contributed by atoms with Crippen LogP contribution in [0, 0.1) is 0 Å². The number of ether oxygens (including phenoxy) is 3. The van der Waals surface area contributed by atoms with Gasteiger partial charge >= 0.3 is 6.36 Å². The fourth-order valence-corrected chi connectivity index (χ4v) is 3.42. The van der Waals surface area contributed by atoms with Crippen molar-refractivity contribution in [2.24, 2.45) is 0 Å². The summed E-state index contributed by atoms with van der Waals surface area (Å²) in [6.07, 6.45) is -4.92. The summed E-state index contributed by atoms with van der Waals surface area (Å²) in [5.74, 6) is -0.695. The van der Waals surface area contributed by atoms with Crippen molar-refractivity contribution in [1.82, 2.24) is 0 Å². The van der Waals surface area contributed by atoms with Crippen LogP contribution in [0.2, 0.25) is 0 Å². The van der Waals surface area contributed by atoms with E-state index in [9.17, 15) is 21.6 Å². The van der Waals surface area contributed by atoms with Gasteiger partial charge in [0.15, 0.2) is 11.5 Å². The highest BCUT2D eigenvalue weighted by atomic mass is 32.2. The summed E-state index contributed by atoms with van der Waals surface area (Å²) < 4.78 is 78.8. The highest BCUT2D eigenvalue weighted by Gasteiger charge is 2.33. The first kappa shape index (κ1) is 18.2. The lowest BCUT2D eigenvalue weighted by molar-refractivity contribution is -0.274. The third-order valence-corrected chi connectivity index (χ3v) is 4.64. The molecule has 1 heterocycles. The Labute approximate surface area is 147 Å². The van der Waals surface area contributed by atoms with Crippen LogP contribution in [-0.2, 0) is 10.0 Å². The Balaban J connectivity index is 1.83. The number of fused-ring (bicyclic) bond motifs is 1. The van der Waals surface area contributed by atoms with Crippen LogP contribution in [0.25, 0.3) is 0 Å². The molecule has 1 aliphatic rings. The van der Waals surface area contributed by atoms with E-state index >= 15 is 0 Å². The van der Waals surface area contributed by atoms with Crippen molar-refractivity contribution in [1.29, 1.82) is 0 Å². The fourth-order valence-electron chi connectivity index (χ4n) is 2.34. The molecule has 0 atom stereocenters. The van der Waals surface area contributed by atoms with Crippen molar-refractivity contribution >= 4 is 15.7 Å². The van der Waals surface area contributed by atoms with Crippen molar-refractivity contribution in [3.05, 3.63) is 42.5 Å². The second-order valence-electron chi connectivity index (χ2n) is 5.89. The summed E-state index contributed by atoms with van der Waals surface area (Å²) in [6.45, 7) is 3.39. The molecular weight excluding hydrogens is 375 g/mol. The molecule has 2 aromatic rings. The lowest BCUT2D eigenvalue weighted by atomic mass is 10.3. The molecule has 0 spiro atoms. The Morgan fingerprint density at radius 2 is 1.73 bits per heavy atom. The van der Waals surface area contributed by atoms with E-state index in [-0.39, 0.29) is 10.6 Å². The zero-order valence-electron chi connectivity index (χ0n) is 13.6. The van der Waals surface area contributed by atoms with Gasteiger partial charge in [-0.25, -0.2) is 8.42 Å². The molecule has 0 amide bonds. The Bertz CT molecular complexity index is 941. The standard InChI is InChI=1S/C16H14F3NO5S/c1-15(2)24-13-7-6-10(8-14(13)25-15)20-26(21,22)12-5-3-4-11(9-12)23-16(17,18)19/h3-9,20H,1-2H3. The highest BCUT2D eigenvalue weighted by molar-refractivity contribution is 7.92. The van der Waals surface area contributed by atoms with Gasteiger partial charge < -0.3 is 14.2 Å². The van der Waals surface area contributed by atoms with E-state index in [0.29, 0.717) is 11.5 Å². The minimum absolute atomic E-state index is 0.173. The number of anilines is 1. The Kier molecular flexibility index (Phi) is 4.18. The molecule has 0 aromatic heterocycles. The summed E-state index contributed by atoms with van der Waals surface area (Å²) in [5, 5.41) is 0. The number of sulfonamides is 1. The van der Waals surface area contributed by atoms with E-state index in [0.717, 1.165) is 24.3 Å². The first-order valence-electron chi connectivity index (χ1n) is 7.34. The average molecular weight is 389 g/mol. The molecule has 2 aromatic carbocycles. The molecule has 26 heavy (non-hydrogen) atoms. The van der Waals surface area contributed by atoms with Crippen LogP contribution < -0.4 is 18.9 Å². The molecule has 0 unspecified atom stereocenters. The van der Waals surface area contributed by atoms with Crippen LogP contribution in [-0.4, -0.2) is 20.6 Å². The molecule has 1 N–H and O–H groups in total. The largest absolute Gasteiger partial charge is 0.573 e. The zero-order valence-corrected chi connectivity index (χ0v) is 14.4. The molecule has 1 aliphatic heterocycles. The molecular formula is C16H14F3NO5S. The van der Waals surface area contributed by atoms with Crippen LogP contribution in [0.15, 0.2) is 47.4 Å². The van der Waals surface area contributed by atoms with Crippen molar-refractivity contribution in [3.63, 3.8) is 0 Å². The summed E-state index contributed by atoms with van der Waals surface area (Å²) in [5.41, 5.74) is 0.173. The molecule has 0 aliphatic carbocycles. The molecule has 10 heteroatoms. The Morgan fingerprint density at radius 3 is 2.42 bits per heavy atom. The topological polar surface area (TPSA) is 73.9 Å². The molecule has 140 valence electrons. The predicted molar refractivity (Wildman–Crippen MR) is 85.7 cm³/mol. The van der Waals surface area contributed by atoms with Crippen molar-refractivity contribution in [2.75, 3.05) is 4.72 Å². The minimum Gasteiger partial charge on any atom is -0.449 e. The van der Waals surface area contributed by atoms with E-state index in [1.165, 1.54) is 18.2 Å². The van der Waals surface area contributed by atoms with E-state index in [1.807, 2.05) is 0 Å². The first-order chi connectivity index (χ1) is 11.9. The van der Waals surface area contributed by atoms with Crippen LogP contribution in [0.3, 0.4) is 0 Å². The van der Waals surface area contributed by atoms with Crippen molar-refractivity contribution in [3.8, 4) is 17.2 Å². The first-order valence-corrected chi connectivity index (χ1v) is 8.83. The van der Waals surface area contributed by atoms with Crippen LogP contribution >= 0.6 is 0 Å². The van der Waals surface area contributed by atoms with Gasteiger partial charge in [0, 0.05) is 26.0 Å². The Morgan fingerprint density at radius 1 is 1.04 bits per heavy atom. The van der Waals surface area contributed by atoms with Gasteiger partial charge in [0.1, 0.15) is 5.75 Å². The van der Waals surface area contributed by atoms with E-state index in [2.05, 4.69) is 9.46 Å². The highest BCUT2D eigenvalue weighted by Crippen LogP contribution is 2.41. The maximum atomic E-state index is 12.4. The molecule has 3 rings (SSSR count). The quantitative estimate of drug-likeness (QED) is 0.859. The molecule has 0 fully saturated rings. The third-order valence-electron chi connectivity index (χ3n) is 3.26. The molecule has 0 radical (unpaired) electrons. The van der Waals surface area contributed by atoms with Crippen LogP contribution in [0.1, 0.15) is 13.8 Å². The van der Waals surface area contributed by atoms with E-state index < -0.39 is 27.9 Å². The van der Waals surface area contributed by atoms with Gasteiger partial charge in [0.05, 0.1) is 10.6 Å². The maximum absolute atomic E-state index is 12.4. The van der Waals surface area contributed by atoms with Gasteiger partial charge in [-0.1, -0.05) is 6.07 Å². The molecule has 0 saturated heterocycles. The molecule has 6 nitrogen and oxygen atoms in total. The SMILES string of the molecule is CC1(C)Oc2ccc(NS(=O)(=O)c3cccc(OC(F)(F)F)c3)cc2O1. The second kappa shape index (κ2) is 5.97. The summed E-state index contributed by atoms with van der Waals surface area (Å²) in [6, 6.07) is 8.51. The fraction of sp³-hybridized carbons (Fsp3) is 0.250. The van der Waals surface area contributed by atoms with Crippen molar-refractivity contribution < 1.29 is 35.8 Å². The minimum atomic E-state index is -4.92. The van der Waals surface area contributed by atoms with Gasteiger partial charge in [-0.05, 0) is 24.3 Å². The van der Waals surface area contributed by atoms with E-state index in [1.54, 1.807) is 13.8 Å². The summed E-state index contributed by atoms with van der Waals surface area (Å²) in [4.78, 5) is -0.378. The van der Waals surface area contributed by atoms with E-state index in [4.69, 9.17) is 9.47 Å². The monoisotopic (exact) mass is 389 g/mol. The number of alkyl halides is 3. The Hall–Kier alpha value is -2.62. The number of halogens is 3. The smallest absolute Gasteiger partial charge is 0.449 e. The van der Waals surface area contributed by atoms with Crippen LogP contribution in [0.4, 0.5) is 18.9 Å².